The van der Waals surface area contributed by atoms with Gasteiger partial charge in [-0.3, -0.25) is 0 Å². The molecule has 2 heterocycles. The van der Waals surface area contributed by atoms with Gasteiger partial charge in [0.05, 0.1) is 0 Å². The molecule has 0 unspecified atom stereocenters. The summed E-state index contributed by atoms with van der Waals surface area (Å²) in [7, 11) is 3.92. The molecule has 102 valence electrons. The van der Waals surface area contributed by atoms with Gasteiger partial charge in [0, 0.05) is 38.3 Å². The highest BCUT2D eigenvalue weighted by molar-refractivity contribution is 7.15. The molecular formula is C12H15N3O2S2. The SMILES string of the molecule is CN(C)c1ncc(CNCc2ccsc2C(=O)O)s1. The molecule has 5 nitrogen and oxygen atoms in total. The normalized spacial score (nSPS) is 10.6. The van der Waals surface area contributed by atoms with Crippen LogP contribution in [0.2, 0.25) is 0 Å². The summed E-state index contributed by atoms with van der Waals surface area (Å²) >= 11 is 2.88. The Morgan fingerprint density at radius 3 is 2.89 bits per heavy atom. The van der Waals surface area contributed by atoms with Crippen molar-refractivity contribution in [3.8, 4) is 0 Å². The molecule has 0 aliphatic rings. The molecule has 0 aliphatic heterocycles. The zero-order chi connectivity index (χ0) is 13.8. The van der Waals surface area contributed by atoms with Crippen LogP contribution in [0.1, 0.15) is 20.1 Å². The number of thiophene rings is 1. The largest absolute Gasteiger partial charge is 0.477 e. The monoisotopic (exact) mass is 297 g/mol. The first-order valence-electron chi connectivity index (χ1n) is 5.70. The summed E-state index contributed by atoms with van der Waals surface area (Å²) in [5.41, 5.74) is 0.829. The van der Waals surface area contributed by atoms with E-state index in [0.29, 0.717) is 18.0 Å². The lowest BCUT2D eigenvalue weighted by molar-refractivity contribution is 0.0701. The van der Waals surface area contributed by atoms with Crippen molar-refractivity contribution in [2.24, 2.45) is 0 Å². The van der Waals surface area contributed by atoms with Crippen molar-refractivity contribution in [3.05, 3.63) is 33.0 Å². The Balaban J connectivity index is 1.89. The Bertz CT molecular complexity index is 563. The van der Waals surface area contributed by atoms with Crippen LogP contribution in [-0.2, 0) is 13.1 Å². The second kappa shape index (κ2) is 6.14. The summed E-state index contributed by atoms with van der Waals surface area (Å²) in [6.45, 7) is 1.25. The van der Waals surface area contributed by atoms with Gasteiger partial charge in [-0.05, 0) is 17.0 Å². The van der Waals surface area contributed by atoms with E-state index in [9.17, 15) is 4.79 Å². The highest BCUT2D eigenvalue weighted by Crippen LogP contribution is 2.20. The van der Waals surface area contributed by atoms with Gasteiger partial charge in [0.15, 0.2) is 5.13 Å². The van der Waals surface area contributed by atoms with Gasteiger partial charge < -0.3 is 15.3 Å². The Hall–Kier alpha value is -1.44. The van der Waals surface area contributed by atoms with Gasteiger partial charge >= 0.3 is 5.97 Å². The molecule has 19 heavy (non-hydrogen) atoms. The van der Waals surface area contributed by atoms with Crippen molar-refractivity contribution in [1.29, 1.82) is 0 Å². The number of carbonyl (C=O) groups is 1. The van der Waals surface area contributed by atoms with Crippen LogP contribution in [0.4, 0.5) is 5.13 Å². The van der Waals surface area contributed by atoms with Gasteiger partial charge in [-0.15, -0.1) is 22.7 Å². The fourth-order valence-corrected chi connectivity index (χ4v) is 3.13. The van der Waals surface area contributed by atoms with Gasteiger partial charge in [0.2, 0.25) is 0 Å². The number of rotatable bonds is 6. The fraction of sp³-hybridized carbons (Fsp3) is 0.333. The number of carboxylic acids is 1. The van der Waals surface area contributed by atoms with E-state index in [0.717, 1.165) is 15.6 Å². The lowest BCUT2D eigenvalue weighted by atomic mass is 10.2. The Kier molecular flexibility index (Phi) is 4.52. The van der Waals surface area contributed by atoms with Crippen molar-refractivity contribution >= 4 is 33.8 Å². The molecule has 2 aromatic heterocycles. The molecule has 0 saturated carbocycles. The van der Waals surface area contributed by atoms with Crippen LogP contribution in [-0.4, -0.2) is 30.2 Å². The minimum atomic E-state index is -0.862. The molecule has 0 amide bonds. The van der Waals surface area contributed by atoms with E-state index < -0.39 is 5.97 Å². The first-order chi connectivity index (χ1) is 9.08. The summed E-state index contributed by atoms with van der Waals surface area (Å²) < 4.78 is 0. The molecule has 7 heteroatoms. The Morgan fingerprint density at radius 2 is 2.26 bits per heavy atom. The molecule has 0 aliphatic carbocycles. The maximum Gasteiger partial charge on any atom is 0.346 e. The van der Waals surface area contributed by atoms with Gasteiger partial charge in [-0.25, -0.2) is 9.78 Å². The fourth-order valence-electron chi connectivity index (χ4n) is 1.57. The van der Waals surface area contributed by atoms with Crippen LogP contribution < -0.4 is 10.2 Å². The van der Waals surface area contributed by atoms with E-state index in [1.807, 2.05) is 31.3 Å². The average Bonchev–Trinajstić information content (AvgIpc) is 2.97. The molecule has 0 aromatic carbocycles. The number of nitrogens with one attached hydrogen (secondary N) is 1. The Morgan fingerprint density at radius 1 is 1.47 bits per heavy atom. The maximum atomic E-state index is 11.0. The van der Waals surface area contributed by atoms with Crippen LogP contribution in [0.5, 0.6) is 0 Å². The minimum Gasteiger partial charge on any atom is -0.477 e. The predicted molar refractivity (Wildman–Crippen MR) is 78.3 cm³/mol. The third-order valence-corrected chi connectivity index (χ3v) is 4.59. The second-order valence-corrected chi connectivity index (χ2v) is 6.20. The molecule has 0 bridgehead atoms. The van der Waals surface area contributed by atoms with E-state index in [-0.39, 0.29) is 0 Å². The summed E-state index contributed by atoms with van der Waals surface area (Å²) in [5, 5.41) is 15.0. The molecule has 0 spiro atoms. The van der Waals surface area contributed by atoms with Crippen LogP contribution in [0, 0.1) is 0 Å². The van der Waals surface area contributed by atoms with E-state index >= 15 is 0 Å². The van der Waals surface area contributed by atoms with Crippen molar-refractivity contribution in [3.63, 3.8) is 0 Å². The van der Waals surface area contributed by atoms with Crippen LogP contribution in [0.25, 0.3) is 0 Å². The summed E-state index contributed by atoms with van der Waals surface area (Å²) in [4.78, 5) is 18.8. The highest BCUT2D eigenvalue weighted by atomic mass is 32.1. The van der Waals surface area contributed by atoms with Crippen molar-refractivity contribution in [2.75, 3.05) is 19.0 Å². The van der Waals surface area contributed by atoms with E-state index in [4.69, 9.17) is 5.11 Å². The van der Waals surface area contributed by atoms with E-state index in [1.165, 1.54) is 11.3 Å². The lowest BCUT2D eigenvalue weighted by Gasteiger charge is -2.05. The number of anilines is 1. The molecule has 0 radical (unpaired) electrons. The number of thiazole rings is 1. The topological polar surface area (TPSA) is 65.5 Å². The van der Waals surface area contributed by atoms with Crippen molar-refractivity contribution < 1.29 is 9.90 Å². The molecule has 0 atom stereocenters. The third-order valence-electron chi connectivity index (χ3n) is 2.48. The number of hydrogen-bond donors (Lipinski definition) is 2. The quantitative estimate of drug-likeness (QED) is 0.856. The van der Waals surface area contributed by atoms with Crippen LogP contribution in [0.15, 0.2) is 17.6 Å². The highest BCUT2D eigenvalue weighted by Gasteiger charge is 2.11. The maximum absolute atomic E-state index is 11.0. The average molecular weight is 297 g/mol. The van der Waals surface area contributed by atoms with E-state index in [2.05, 4.69) is 10.3 Å². The molecule has 2 aromatic rings. The molecular weight excluding hydrogens is 282 g/mol. The zero-order valence-electron chi connectivity index (χ0n) is 10.7. The van der Waals surface area contributed by atoms with Gasteiger partial charge in [0.1, 0.15) is 4.88 Å². The predicted octanol–water partition coefficient (Wildman–Crippen LogP) is 2.26. The lowest BCUT2D eigenvalue weighted by Crippen LogP contribution is -2.13. The zero-order valence-corrected chi connectivity index (χ0v) is 12.3. The number of hydrogen-bond acceptors (Lipinski definition) is 6. The van der Waals surface area contributed by atoms with Crippen molar-refractivity contribution in [2.45, 2.75) is 13.1 Å². The summed E-state index contributed by atoms with van der Waals surface area (Å²) in [5.74, 6) is -0.862. The Labute approximate surface area is 119 Å². The van der Waals surface area contributed by atoms with Crippen LogP contribution in [0.3, 0.4) is 0 Å². The summed E-state index contributed by atoms with van der Waals surface area (Å²) in [6.07, 6.45) is 1.85. The number of aromatic nitrogens is 1. The van der Waals surface area contributed by atoms with Gasteiger partial charge in [0.25, 0.3) is 0 Å². The smallest absolute Gasteiger partial charge is 0.346 e. The number of aromatic carboxylic acids is 1. The first kappa shape index (κ1) is 14.0. The molecule has 2 rings (SSSR count). The summed E-state index contributed by atoms with van der Waals surface area (Å²) in [6, 6.07) is 1.85. The minimum absolute atomic E-state index is 0.408. The second-order valence-electron chi connectivity index (χ2n) is 4.19. The first-order valence-corrected chi connectivity index (χ1v) is 7.40. The molecule has 0 saturated heterocycles. The number of nitrogens with zero attached hydrogens (tertiary/aromatic N) is 2. The number of carboxylic acid groups (broad SMARTS) is 1. The molecule has 2 N–H and O–H groups in total. The molecule has 0 fully saturated rings. The third kappa shape index (κ3) is 3.52. The standard InChI is InChI=1S/C12H15N3O2S2/c1-15(2)12-14-7-9(19-12)6-13-5-8-3-4-18-10(8)11(16)17/h3-4,7,13H,5-6H2,1-2H3,(H,16,17). The van der Waals surface area contributed by atoms with Crippen molar-refractivity contribution in [1.82, 2.24) is 10.3 Å². The van der Waals surface area contributed by atoms with Gasteiger partial charge in [-0.2, -0.15) is 0 Å². The van der Waals surface area contributed by atoms with E-state index in [1.54, 1.807) is 16.7 Å². The van der Waals surface area contributed by atoms with Gasteiger partial charge in [-0.1, -0.05) is 0 Å². The van der Waals surface area contributed by atoms with Crippen LogP contribution >= 0.6 is 22.7 Å².